The van der Waals surface area contributed by atoms with Crippen molar-refractivity contribution in [2.45, 2.75) is 19.0 Å². The SMILES string of the molecule is CC1(c2ccccc2)C(=O)N(Cc2ccc3ccc(C=NN)cc3c2)C(=O)N1CC(N)=O. The first-order chi connectivity index (χ1) is 15.3. The molecule has 162 valence electrons. The third-order valence-electron chi connectivity index (χ3n) is 5.81. The first-order valence-corrected chi connectivity index (χ1v) is 10.1. The molecule has 4 N–H and O–H groups in total. The number of imide groups is 1. The lowest BCUT2D eigenvalue weighted by Crippen LogP contribution is -2.47. The first kappa shape index (κ1) is 21.0. The van der Waals surface area contributed by atoms with Crippen LogP contribution in [0.2, 0.25) is 0 Å². The van der Waals surface area contributed by atoms with E-state index in [0.29, 0.717) is 5.56 Å². The van der Waals surface area contributed by atoms with E-state index in [-0.39, 0.29) is 13.1 Å². The molecule has 1 aliphatic rings. The number of amides is 4. The van der Waals surface area contributed by atoms with Crippen LogP contribution in [0.4, 0.5) is 4.79 Å². The molecule has 1 saturated heterocycles. The fourth-order valence-corrected chi connectivity index (χ4v) is 4.13. The molecule has 0 radical (unpaired) electrons. The van der Waals surface area contributed by atoms with Gasteiger partial charge in [-0.2, -0.15) is 5.10 Å². The summed E-state index contributed by atoms with van der Waals surface area (Å²) in [5, 5.41) is 5.48. The number of benzene rings is 3. The molecule has 3 aromatic carbocycles. The Hall–Kier alpha value is -4.20. The highest BCUT2D eigenvalue weighted by Gasteiger charge is 2.55. The largest absolute Gasteiger partial charge is 0.368 e. The number of nitrogens with two attached hydrogens (primary N) is 2. The van der Waals surface area contributed by atoms with E-state index in [1.54, 1.807) is 37.4 Å². The van der Waals surface area contributed by atoms with Gasteiger partial charge in [-0.25, -0.2) is 4.79 Å². The molecule has 8 nitrogen and oxygen atoms in total. The fraction of sp³-hybridized carbons (Fsp3) is 0.167. The van der Waals surface area contributed by atoms with Crippen LogP contribution in [0.25, 0.3) is 10.8 Å². The minimum absolute atomic E-state index is 0.0699. The van der Waals surface area contributed by atoms with E-state index in [2.05, 4.69) is 5.10 Å². The summed E-state index contributed by atoms with van der Waals surface area (Å²) in [6.07, 6.45) is 1.55. The van der Waals surface area contributed by atoms with Crippen molar-refractivity contribution in [3.8, 4) is 0 Å². The fourth-order valence-electron chi connectivity index (χ4n) is 4.13. The minimum Gasteiger partial charge on any atom is -0.368 e. The van der Waals surface area contributed by atoms with E-state index in [0.717, 1.165) is 21.9 Å². The first-order valence-electron chi connectivity index (χ1n) is 10.1. The minimum atomic E-state index is -1.32. The van der Waals surface area contributed by atoms with Crippen molar-refractivity contribution < 1.29 is 14.4 Å². The molecule has 4 amide bonds. The Morgan fingerprint density at radius 3 is 2.44 bits per heavy atom. The molecule has 0 aliphatic carbocycles. The second-order valence-electron chi connectivity index (χ2n) is 7.88. The van der Waals surface area contributed by atoms with E-state index in [1.807, 2.05) is 42.5 Å². The highest BCUT2D eigenvalue weighted by Crippen LogP contribution is 2.37. The second-order valence-corrected chi connectivity index (χ2v) is 7.88. The molecule has 3 aromatic rings. The molecular formula is C24H23N5O3. The number of carbonyl (C=O) groups is 3. The molecule has 32 heavy (non-hydrogen) atoms. The standard InChI is InChI=1S/C24H23N5O3/c1-24(20-5-3-2-4-6-20)22(31)28(23(32)29(24)15-21(25)30)14-17-8-10-18-9-7-16(13-27-26)11-19(18)12-17/h2-13H,14-15,26H2,1H3,(H2,25,30). The predicted octanol–water partition coefficient (Wildman–Crippen LogP) is 2.30. The third kappa shape index (κ3) is 3.56. The Balaban J connectivity index is 1.71. The van der Waals surface area contributed by atoms with E-state index < -0.39 is 23.4 Å². The van der Waals surface area contributed by atoms with Gasteiger partial charge in [0.25, 0.3) is 5.91 Å². The van der Waals surface area contributed by atoms with Crippen LogP contribution >= 0.6 is 0 Å². The number of hydrogen-bond acceptors (Lipinski definition) is 5. The molecule has 1 heterocycles. The van der Waals surface area contributed by atoms with Crippen molar-refractivity contribution in [3.63, 3.8) is 0 Å². The maximum atomic E-state index is 13.5. The third-order valence-corrected chi connectivity index (χ3v) is 5.81. The van der Waals surface area contributed by atoms with Crippen molar-refractivity contribution in [3.05, 3.63) is 83.4 Å². The van der Waals surface area contributed by atoms with Crippen molar-refractivity contribution >= 4 is 34.8 Å². The van der Waals surface area contributed by atoms with Gasteiger partial charge in [0.1, 0.15) is 12.1 Å². The molecule has 1 aliphatic heterocycles. The van der Waals surface area contributed by atoms with Crippen molar-refractivity contribution in [1.29, 1.82) is 0 Å². The van der Waals surface area contributed by atoms with Gasteiger partial charge in [0.05, 0.1) is 12.8 Å². The smallest absolute Gasteiger partial charge is 0.328 e. The van der Waals surface area contributed by atoms with Gasteiger partial charge in [0.2, 0.25) is 5.91 Å². The van der Waals surface area contributed by atoms with Crippen molar-refractivity contribution in [2.24, 2.45) is 16.7 Å². The zero-order valence-electron chi connectivity index (χ0n) is 17.6. The monoisotopic (exact) mass is 429 g/mol. The van der Waals surface area contributed by atoms with Crippen LogP contribution < -0.4 is 11.6 Å². The zero-order valence-corrected chi connectivity index (χ0v) is 17.6. The number of nitrogens with zero attached hydrogens (tertiary/aromatic N) is 3. The topological polar surface area (TPSA) is 122 Å². The summed E-state index contributed by atoms with van der Waals surface area (Å²) in [6, 6.07) is 19.9. The van der Waals surface area contributed by atoms with Crippen molar-refractivity contribution in [1.82, 2.24) is 9.80 Å². The van der Waals surface area contributed by atoms with Crippen LogP contribution in [0.15, 0.2) is 71.8 Å². The molecule has 1 unspecified atom stereocenters. The molecule has 0 aromatic heterocycles. The summed E-state index contributed by atoms with van der Waals surface area (Å²) in [5.74, 6) is 4.16. The molecule has 4 rings (SSSR count). The maximum Gasteiger partial charge on any atom is 0.328 e. The summed E-state index contributed by atoms with van der Waals surface area (Å²) in [7, 11) is 0. The lowest BCUT2D eigenvalue weighted by atomic mass is 9.90. The molecule has 0 saturated carbocycles. The van der Waals surface area contributed by atoms with Crippen LogP contribution in [0.5, 0.6) is 0 Å². The van der Waals surface area contributed by atoms with Crippen LogP contribution in [0.3, 0.4) is 0 Å². The van der Waals surface area contributed by atoms with Gasteiger partial charge < -0.3 is 11.6 Å². The summed E-state index contributed by atoms with van der Waals surface area (Å²) in [4.78, 5) is 40.9. The Morgan fingerprint density at radius 2 is 1.75 bits per heavy atom. The van der Waals surface area contributed by atoms with Gasteiger partial charge in [-0.1, -0.05) is 54.6 Å². The molecule has 1 atom stereocenters. The average molecular weight is 429 g/mol. The van der Waals surface area contributed by atoms with Gasteiger partial charge in [0, 0.05) is 0 Å². The highest BCUT2D eigenvalue weighted by molar-refractivity contribution is 6.08. The number of carbonyl (C=O) groups excluding carboxylic acids is 3. The molecule has 8 heteroatoms. The molecule has 0 bridgehead atoms. The zero-order chi connectivity index (χ0) is 22.9. The van der Waals surface area contributed by atoms with Crippen LogP contribution in [0.1, 0.15) is 23.6 Å². The average Bonchev–Trinajstić information content (AvgIpc) is 2.96. The van der Waals surface area contributed by atoms with Gasteiger partial charge in [-0.15, -0.1) is 0 Å². The van der Waals surface area contributed by atoms with E-state index in [9.17, 15) is 14.4 Å². The number of hydrazone groups is 1. The Bertz CT molecular complexity index is 1240. The predicted molar refractivity (Wildman–Crippen MR) is 121 cm³/mol. The highest BCUT2D eigenvalue weighted by atomic mass is 16.2. The summed E-state index contributed by atoms with van der Waals surface area (Å²) in [5.41, 5.74) is 6.31. The van der Waals surface area contributed by atoms with E-state index in [1.165, 1.54) is 9.80 Å². The molecule has 1 fully saturated rings. The normalized spacial score (nSPS) is 18.8. The Kier molecular flexibility index (Phi) is 5.36. The number of fused-ring (bicyclic) bond motifs is 1. The van der Waals surface area contributed by atoms with E-state index in [4.69, 9.17) is 11.6 Å². The van der Waals surface area contributed by atoms with Crippen LogP contribution in [-0.2, 0) is 21.7 Å². The van der Waals surface area contributed by atoms with Gasteiger partial charge in [0.15, 0.2) is 0 Å². The number of hydrogen-bond donors (Lipinski definition) is 2. The quantitative estimate of drug-likeness (QED) is 0.270. The van der Waals surface area contributed by atoms with Gasteiger partial charge in [-0.3, -0.25) is 19.4 Å². The second kappa shape index (κ2) is 8.14. The van der Waals surface area contributed by atoms with Crippen LogP contribution in [-0.4, -0.2) is 40.4 Å². The van der Waals surface area contributed by atoms with Crippen molar-refractivity contribution in [2.75, 3.05) is 6.54 Å². The summed E-state index contributed by atoms with van der Waals surface area (Å²) < 4.78 is 0. The number of rotatable bonds is 6. The molecule has 0 spiro atoms. The van der Waals surface area contributed by atoms with Crippen LogP contribution in [0, 0.1) is 0 Å². The lowest BCUT2D eigenvalue weighted by molar-refractivity contribution is -0.133. The number of urea groups is 1. The lowest BCUT2D eigenvalue weighted by Gasteiger charge is -2.31. The van der Waals surface area contributed by atoms with E-state index >= 15 is 0 Å². The van der Waals surface area contributed by atoms with Gasteiger partial charge in [-0.05, 0) is 46.5 Å². The molecular weight excluding hydrogens is 406 g/mol. The summed E-state index contributed by atoms with van der Waals surface area (Å²) in [6.45, 7) is 1.36. The Morgan fingerprint density at radius 1 is 1.03 bits per heavy atom. The van der Waals surface area contributed by atoms with Gasteiger partial charge >= 0.3 is 6.03 Å². The maximum absolute atomic E-state index is 13.5. The number of primary amides is 1. The Labute approximate surface area is 185 Å². The summed E-state index contributed by atoms with van der Waals surface area (Å²) >= 11 is 0.